The Labute approximate surface area is 70.4 Å². The van der Waals surface area contributed by atoms with Crippen molar-refractivity contribution in [1.29, 1.82) is 0 Å². The molecule has 11 heavy (non-hydrogen) atoms. The fourth-order valence-electron chi connectivity index (χ4n) is 0.881. The Morgan fingerprint density at radius 3 is 3.09 bits per heavy atom. The number of nitrogens with zero attached hydrogens (tertiary/aromatic N) is 1. The Balaban J connectivity index is 3.01. The molecule has 1 rings (SSSR count). The second-order valence-corrected chi connectivity index (χ2v) is 2.76. The summed E-state index contributed by atoms with van der Waals surface area (Å²) in [6.45, 7) is 0. The van der Waals surface area contributed by atoms with Crippen molar-refractivity contribution in [2.45, 2.75) is 6.42 Å². The van der Waals surface area contributed by atoms with Crippen LogP contribution in [0, 0.1) is 0 Å². The second-order valence-electron chi connectivity index (χ2n) is 2.35. The van der Waals surface area contributed by atoms with E-state index in [2.05, 4.69) is 0 Å². The first kappa shape index (κ1) is 8.21. The molecule has 0 saturated carbocycles. The van der Waals surface area contributed by atoms with Crippen LogP contribution in [0.1, 0.15) is 5.56 Å². The molecule has 0 N–H and O–H groups in total. The zero-order valence-corrected chi connectivity index (χ0v) is 7.01. The van der Waals surface area contributed by atoms with Crippen molar-refractivity contribution < 1.29 is 9.36 Å². The Morgan fingerprint density at radius 1 is 1.73 bits per heavy atom. The summed E-state index contributed by atoms with van der Waals surface area (Å²) in [4.78, 5) is 10.2. The molecule has 0 bridgehead atoms. The number of hydrogen-bond donors (Lipinski definition) is 0. The Morgan fingerprint density at radius 2 is 2.45 bits per heavy atom. The van der Waals surface area contributed by atoms with E-state index in [1.165, 1.54) is 0 Å². The third-order valence-corrected chi connectivity index (χ3v) is 1.79. The highest BCUT2D eigenvalue weighted by molar-refractivity contribution is 6.31. The summed E-state index contributed by atoms with van der Waals surface area (Å²) in [5, 5.41) is 0.648. The average Bonchev–Trinajstić information content (AvgIpc) is 1.98. The van der Waals surface area contributed by atoms with Crippen LogP contribution < -0.4 is 4.57 Å². The highest BCUT2D eigenvalue weighted by Crippen LogP contribution is 2.11. The number of carbonyl (C=O) groups is 1. The minimum atomic E-state index is 0.382. The summed E-state index contributed by atoms with van der Waals surface area (Å²) in [6, 6.07) is 1.78. The molecule has 0 saturated heterocycles. The highest BCUT2D eigenvalue weighted by atomic mass is 35.5. The normalized spacial score (nSPS) is 9.64. The van der Waals surface area contributed by atoms with E-state index in [4.69, 9.17) is 11.6 Å². The summed E-state index contributed by atoms with van der Waals surface area (Å²) in [6.07, 6.45) is 4.92. The number of hydrogen-bond acceptors (Lipinski definition) is 1. The lowest BCUT2D eigenvalue weighted by molar-refractivity contribution is -0.671. The first-order valence-corrected chi connectivity index (χ1v) is 3.69. The Hall–Kier alpha value is -0.890. The zero-order chi connectivity index (χ0) is 8.27. The van der Waals surface area contributed by atoms with Crippen LogP contribution in [0.15, 0.2) is 18.5 Å². The molecule has 0 aromatic carbocycles. The van der Waals surface area contributed by atoms with Gasteiger partial charge in [0.2, 0.25) is 0 Å². The average molecular weight is 171 g/mol. The van der Waals surface area contributed by atoms with Crippen LogP contribution in [-0.2, 0) is 18.3 Å². The number of pyridine rings is 1. The maximum Gasteiger partial charge on any atom is 0.173 e. The van der Waals surface area contributed by atoms with Gasteiger partial charge in [0.1, 0.15) is 13.3 Å². The molecule has 0 fully saturated rings. The van der Waals surface area contributed by atoms with Gasteiger partial charge in [0.25, 0.3) is 0 Å². The van der Waals surface area contributed by atoms with Gasteiger partial charge < -0.3 is 4.79 Å². The fraction of sp³-hybridized carbons (Fsp3) is 0.250. The predicted molar refractivity (Wildman–Crippen MR) is 42.4 cm³/mol. The topological polar surface area (TPSA) is 20.9 Å². The lowest BCUT2D eigenvalue weighted by atomic mass is 10.2. The molecule has 0 aliphatic heterocycles. The first-order chi connectivity index (χ1) is 5.24. The molecular formula is C8H9ClNO+. The lowest BCUT2D eigenvalue weighted by Crippen LogP contribution is -2.27. The van der Waals surface area contributed by atoms with Crippen LogP contribution in [0.3, 0.4) is 0 Å². The Bertz CT molecular complexity index is 273. The summed E-state index contributed by atoms with van der Waals surface area (Å²) >= 11 is 5.80. The lowest BCUT2D eigenvalue weighted by Gasteiger charge is -1.95. The number of rotatable bonds is 2. The molecule has 0 spiro atoms. The molecule has 0 atom stereocenters. The van der Waals surface area contributed by atoms with Crippen LogP contribution in [0.4, 0.5) is 0 Å². The second kappa shape index (κ2) is 3.49. The maximum atomic E-state index is 10.2. The molecule has 0 amide bonds. The molecule has 0 aliphatic carbocycles. The monoisotopic (exact) mass is 170 g/mol. The van der Waals surface area contributed by atoms with E-state index in [-0.39, 0.29) is 0 Å². The summed E-state index contributed by atoms with van der Waals surface area (Å²) in [7, 11) is 1.89. The largest absolute Gasteiger partial charge is 0.303 e. The fourth-order valence-corrected chi connectivity index (χ4v) is 1.06. The molecule has 1 heterocycles. The van der Waals surface area contributed by atoms with E-state index >= 15 is 0 Å². The van der Waals surface area contributed by atoms with Gasteiger partial charge in [0, 0.05) is 18.1 Å². The van der Waals surface area contributed by atoms with Crippen molar-refractivity contribution in [3.05, 3.63) is 29.0 Å². The molecule has 58 valence electrons. The zero-order valence-electron chi connectivity index (χ0n) is 6.25. The third kappa shape index (κ3) is 2.02. The molecule has 0 radical (unpaired) electrons. The number of halogens is 1. The number of carbonyl (C=O) groups excluding carboxylic acids is 1. The van der Waals surface area contributed by atoms with Gasteiger partial charge in [-0.15, -0.1) is 0 Å². The van der Waals surface area contributed by atoms with E-state index in [9.17, 15) is 4.79 Å². The minimum absolute atomic E-state index is 0.382. The quantitative estimate of drug-likeness (QED) is 0.478. The molecule has 1 aromatic rings. The maximum absolute atomic E-state index is 10.2. The van der Waals surface area contributed by atoms with Crippen molar-refractivity contribution >= 4 is 17.9 Å². The van der Waals surface area contributed by atoms with Gasteiger partial charge in [-0.3, -0.25) is 0 Å². The van der Waals surface area contributed by atoms with E-state index < -0.39 is 0 Å². The van der Waals surface area contributed by atoms with Gasteiger partial charge >= 0.3 is 0 Å². The molecule has 0 unspecified atom stereocenters. The van der Waals surface area contributed by atoms with Crippen molar-refractivity contribution in [2.75, 3.05) is 0 Å². The molecule has 0 aliphatic rings. The van der Waals surface area contributed by atoms with E-state index in [0.29, 0.717) is 11.4 Å². The molecule has 3 heteroatoms. The van der Waals surface area contributed by atoms with Gasteiger partial charge in [0.05, 0.1) is 5.02 Å². The SMILES string of the molecule is C[n+]1ccc(Cl)c(CC=O)c1. The van der Waals surface area contributed by atoms with Crippen LogP contribution in [0.2, 0.25) is 5.02 Å². The molecule has 1 aromatic heterocycles. The van der Waals surface area contributed by atoms with Gasteiger partial charge in [-0.2, -0.15) is 0 Å². The summed E-state index contributed by atoms with van der Waals surface area (Å²) in [5.74, 6) is 0. The van der Waals surface area contributed by atoms with Crippen LogP contribution in [0.25, 0.3) is 0 Å². The molecule has 2 nitrogen and oxygen atoms in total. The summed E-state index contributed by atoms with van der Waals surface area (Å²) < 4.78 is 1.87. The third-order valence-electron chi connectivity index (χ3n) is 1.43. The smallest absolute Gasteiger partial charge is 0.173 e. The predicted octanol–water partition coefficient (Wildman–Crippen LogP) is 0.906. The van der Waals surface area contributed by atoms with Crippen LogP contribution >= 0.6 is 11.6 Å². The standard InChI is InChI=1S/C8H9ClNO/c1-10-4-2-8(9)7(6-10)3-5-11/h2,4-6H,3H2,1H3/q+1. The van der Waals surface area contributed by atoms with Crippen LogP contribution in [-0.4, -0.2) is 6.29 Å². The van der Waals surface area contributed by atoms with E-state index in [0.717, 1.165) is 11.8 Å². The highest BCUT2D eigenvalue weighted by Gasteiger charge is 2.03. The number of aldehydes is 1. The van der Waals surface area contributed by atoms with Gasteiger partial charge in [-0.25, -0.2) is 4.57 Å². The van der Waals surface area contributed by atoms with Crippen molar-refractivity contribution in [2.24, 2.45) is 7.05 Å². The van der Waals surface area contributed by atoms with Gasteiger partial charge in [-0.1, -0.05) is 11.6 Å². The van der Waals surface area contributed by atoms with Crippen molar-refractivity contribution in [3.63, 3.8) is 0 Å². The first-order valence-electron chi connectivity index (χ1n) is 3.31. The number of aromatic nitrogens is 1. The molecular weight excluding hydrogens is 162 g/mol. The number of aryl methyl sites for hydroxylation is 1. The van der Waals surface area contributed by atoms with Crippen molar-refractivity contribution in [3.8, 4) is 0 Å². The Kier molecular flexibility index (Phi) is 2.60. The van der Waals surface area contributed by atoms with Gasteiger partial charge in [-0.05, 0) is 0 Å². The van der Waals surface area contributed by atoms with E-state index in [1.54, 1.807) is 6.07 Å². The van der Waals surface area contributed by atoms with Crippen molar-refractivity contribution in [1.82, 2.24) is 0 Å². The van der Waals surface area contributed by atoms with E-state index in [1.807, 2.05) is 24.0 Å². The summed E-state index contributed by atoms with van der Waals surface area (Å²) in [5.41, 5.74) is 0.867. The van der Waals surface area contributed by atoms with Gasteiger partial charge in [0.15, 0.2) is 12.4 Å². The minimum Gasteiger partial charge on any atom is -0.303 e. The van der Waals surface area contributed by atoms with Crippen LogP contribution in [0.5, 0.6) is 0 Å².